The van der Waals surface area contributed by atoms with Gasteiger partial charge in [-0.15, -0.1) is 0 Å². The maximum absolute atomic E-state index is 13.0. The number of halogens is 6. The average molecular weight is 603 g/mol. The Bertz CT molecular complexity index is 978. The molecule has 41 heavy (non-hydrogen) atoms. The van der Waals surface area contributed by atoms with Gasteiger partial charge in [0, 0.05) is 38.1 Å². The summed E-state index contributed by atoms with van der Waals surface area (Å²) in [6.07, 6.45) is -8.20. The second kappa shape index (κ2) is 15.2. The van der Waals surface area contributed by atoms with Crippen LogP contribution in [0.4, 0.5) is 26.3 Å². The van der Waals surface area contributed by atoms with Gasteiger partial charge in [-0.05, 0) is 57.9 Å². The van der Waals surface area contributed by atoms with Gasteiger partial charge in [-0.3, -0.25) is 14.6 Å². The predicted molar refractivity (Wildman–Crippen MR) is 134 cm³/mol. The number of fused-ring (bicyclic) bond motifs is 1. The van der Waals surface area contributed by atoms with Crippen molar-refractivity contribution in [2.45, 2.75) is 58.6 Å². The molecule has 0 spiro atoms. The molecule has 9 nitrogen and oxygen atoms in total. The van der Waals surface area contributed by atoms with Crippen LogP contribution in [-0.2, 0) is 25.7 Å². The Labute approximate surface area is 234 Å². The quantitative estimate of drug-likeness (QED) is 0.360. The summed E-state index contributed by atoms with van der Waals surface area (Å²) in [4.78, 5) is 35.7. The van der Waals surface area contributed by atoms with Crippen LogP contribution in [0.25, 0.3) is 0 Å². The number of carbonyl (C=O) groups is 3. The lowest BCUT2D eigenvalue weighted by Gasteiger charge is -2.31. The minimum absolute atomic E-state index is 0.0180. The molecule has 0 saturated carbocycles. The van der Waals surface area contributed by atoms with Crippen molar-refractivity contribution in [2.75, 3.05) is 39.9 Å². The molecule has 1 aromatic carbocycles. The van der Waals surface area contributed by atoms with Crippen LogP contribution in [0.3, 0.4) is 0 Å². The number of ether oxygens (including phenoxy) is 2. The van der Waals surface area contributed by atoms with Crippen molar-refractivity contribution < 1.29 is 60.4 Å². The summed E-state index contributed by atoms with van der Waals surface area (Å²) in [6, 6.07) is 8.77. The second-order valence-corrected chi connectivity index (χ2v) is 9.89. The molecular formula is C26H36F6N2O7. The van der Waals surface area contributed by atoms with E-state index in [1.807, 2.05) is 19.1 Å². The Balaban J connectivity index is 0.000000497. The first-order valence-corrected chi connectivity index (χ1v) is 12.7. The molecule has 2 heterocycles. The number of likely N-dealkylation sites (tertiary alicyclic amines) is 2. The molecule has 2 aliphatic heterocycles. The highest BCUT2D eigenvalue weighted by Crippen LogP contribution is 2.44. The molecule has 3 rings (SSSR count). The summed E-state index contributed by atoms with van der Waals surface area (Å²) in [5.41, 5.74) is 0.952. The Morgan fingerprint density at radius 2 is 1.51 bits per heavy atom. The number of esters is 1. The molecular weight excluding hydrogens is 566 g/mol. The van der Waals surface area contributed by atoms with Crippen molar-refractivity contribution in [3.05, 3.63) is 29.8 Å². The van der Waals surface area contributed by atoms with Crippen LogP contribution in [-0.4, -0.2) is 96.2 Å². The zero-order valence-corrected chi connectivity index (χ0v) is 23.2. The number of methoxy groups -OCH3 is 1. The van der Waals surface area contributed by atoms with E-state index >= 15 is 0 Å². The van der Waals surface area contributed by atoms with Gasteiger partial charge in [0.2, 0.25) is 0 Å². The molecule has 2 atom stereocenters. The third kappa shape index (κ3) is 11.0. The lowest BCUT2D eigenvalue weighted by atomic mass is 9.75. The van der Waals surface area contributed by atoms with Crippen LogP contribution < -0.4 is 4.74 Å². The van der Waals surface area contributed by atoms with Gasteiger partial charge in [-0.2, -0.15) is 26.3 Å². The summed E-state index contributed by atoms with van der Waals surface area (Å²) in [6.45, 7) is 11.5. The van der Waals surface area contributed by atoms with Gasteiger partial charge in [-0.25, -0.2) is 9.59 Å². The largest absolute Gasteiger partial charge is 0.497 e. The third-order valence-electron chi connectivity index (χ3n) is 6.76. The van der Waals surface area contributed by atoms with Crippen LogP contribution in [0.15, 0.2) is 24.3 Å². The number of hydrogen-bond donors (Lipinski definition) is 2. The number of carboxylic acid groups (broad SMARTS) is 2. The van der Waals surface area contributed by atoms with E-state index in [4.69, 9.17) is 29.3 Å². The minimum atomic E-state index is -5.08. The monoisotopic (exact) mass is 602 g/mol. The lowest BCUT2D eigenvalue weighted by molar-refractivity contribution is -0.193. The highest BCUT2D eigenvalue weighted by atomic mass is 19.4. The lowest BCUT2D eigenvalue weighted by Crippen LogP contribution is -2.42. The molecule has 0 unspecified atom stereocenters. The first kappa shape index (κ1) is 36.0. The fourth-order valence-corrected chi connectivity index (χ4v) is 4.68. The zero-order valence-electron chi connectivity index (χ0n) is 23.2. The van der Waals surface area contributed by atoms with Crippen LogP contribution in [0, 0.1) is 11.3 Å². The second-order valence-electron chi connectivity index (χ2n) is 9.89. The van der Waals surface area contributed by atoms with E-state index in [0.717, 1.165) is 51.3 Å². The number of rotatable bonds is 6. The highest BCUT2D eigenvalue weighted by molar-refractivity contribution is 5.78. The van der Waals surface area contributed by atoms with Crippen LogP contribution in [0.5, 0.6) is 5.75 Å². The van der Waals surface area contributed by atoms with Crippen molar-refractivity contribution >= 4 is 17.9 Å². The van der Waals surface area contributed by atoms with Gasteiger partial charge in [-0.1, -0.05) is 12.1 Å². The van der Waals surface area contributed by atoms with Crippen molar-refractivity contribution in [3.63, 3.8) is 0 Å². The summed E-state index contributed by atoms with van der Waals surface area (Å²) in [5.74, 6) is -4.27. The Morgan fingerprint density at radius 1 is 1.00 bits per heavy atom. The summed E-state index contributed by atoms with van der Waals surface area (Å²) >= 11 is 0. The maximum atomic E-state index is 13.0. The number of aliphatic carboxylic acids is 2. The van der Waals surface area contributed by atoms with Gasteiger partial charge in [0.1, 0.15) is 5.75 Å². The van der Waals surface area contributed by atoms with Crippen molar-refractivity contribution in [1.82, 2.24) is 9.80 Å². The molecule has 2 saturated heterocycles. The van der Waals surface area contributed by atoms with Gasteiger partial charge >= 0.3 is 30.3 Å². The minimum Gasteiger partial charge on any atom is -0.497 e. The number of benzene rings is 1. The molecule has 2 aliphatic rings. The molecule has 0 bridgehead atoms. The summed E-state index contributed by atoms with van der Waals surface area (Å²) in [7, 11) is 1.69. The topological polar surface area (TPSA) is 117 Å². The number of nitrogens with zero attached hydrogens (tertiary/aromatic N) is 2. The fourth-order valence-electron chi connectivity index (χ4n) is 4.68. The van der Waals surface area contributed by atoms with Crippen LogP contribution in [0.1, 0.15) is 39.2 Å². The van der Waals surface area contributed by atoms with Gasteiger partial charge < -0.3 is 19.7 Å². The first-order valence-electron chi connectivity index (χ1n) is 12.7. The fraction of sp³-hybridized carbons (Fsp3) is 0.654. The Hall–Kier alpha value is -3.07. The van der Waals surface area contributed by atoms with Gasteiger partial charge in [0.25, 0.3) is 0 Å². The standard InChI is InChI=1S/C22H34N2O3.2C2HF3O2/c1-5-27-21(25)22-11-6-12-23(13-18-7-9-20(26-4)10-8-18)14-19(22)15-24(16-22)17(2)3;2*3-2(4,5)1(6)7/h7-10,17,19H,5-6,11-16H2,1-4H3;2*(H,6,7)/t19-,22-;;/m0../s1. The van der Waals surface area contributed by atoms with Crippen molar-refractivity contribution in [1.29, 1.82) is 0 Å². The normalized spacial score (nSPS) is 21.4. The molecule has 0 aliphatic carbocycles. The first-order chi connectivity index (χ1) is 18.9. The predicted octanol–water partition coefficient (Wildman–Crippen LogP) is 4.45. The molecule has 2 fully saturated rings. The van der Waals surface area contributed by atoms with E-state index in [-0.39, 0.29) is 11.4 Å². The van der Waals surface area contributed by atoms with Gasteiger partial charge in [0.15, 0.2) is 0 Å². The van der Waals surface area contributed by atoms with Crippen molar-refractivity contribution in [3.8, 4) is 5.75 Å². The summed E-state index contributed by atoms with van der Waals surface area (Å²) in [5, 5.41) is 14.2. The van der Waals surface area contributed by atoms with E-state index in [1.54, 1.807) is 7.11 Å². The van der Waals surface area contributed by atoms with E-state index in [1.165, 1.54) is 5.56 Å². The SMILES string of the molecule is CCOC(=O)[C@]12CCCN(Cc3ccc(OC)cc3)C[C@H]1CN(C(C)C)C2.O=C(O)C(F)(F)F.O=C(O)C(F)(F)F. The van der Waals surface area contributed by atoms with Gasteiger partial charge in [0.05, 0.1) is 19.1 Å². The van der Waals surface area contributed by atoms with E-state index in [0.29, 0.717) is 18.6 Å². The third-order valence-corrected chi connectivity index (χ3v) is 6.76. The number of alkyl halides is 6. The molecule has 0 amide bonds. The van der Waals surface area contributed by atoms with E-state index < -0.39 is 24.3 Å². The molecule has 234 valence electrons. The molecule has 2 N–H and O–H groups in total. The smallest absolute Gasteiger partial charge is 0.490 e. The van der Waals surface area contributed by atoms with Crippen LogP contribution >= 0.6 is 0 Å². The highest BCUT2D eigenvalue weighted by Gasteiger charge is 2.54. The zero-order chi connectivity index (χ0) is 31.6. The Kier molecular flexibility index (Phi) is 13.4. The number of hydrogen-bond acceptors (Lipinski definition) is 7. The molecule has 0 aromatic heterocycles. The molecule has 1 aromatic rings. The van der Waals surface area contributed by atoms with E-state index in [9.17, 15) is 31.1 Å². The Morgan fingerprint density at radius 3 is 1.93 bits per heavy atom. The average Bonchev–Trinajstić information content (AvgIpc) is 3.15. The molecule has 15 heteroatoms. The van der Waals surface area contributed by atoms with E-state index in [2.05, 4.69) is 35.8 Å². The summed E-state index contributed by atoms with van der Waals surface area (Å²) < 4.78 is 74.3. The van der Waals surface area contributed by atoms with Crippen molar-refractivity contribution in [2.24, 2.45) is 11.3 Å². The molecule has 0 radical (unpaired) electrons. The number of carbonyl (C=O) groups excluding carboxylic acids is 1. The van der Waals surface area contributed by atoms with Crippen LogP contribution in [0.2, 0.25) is 0 Å². The number of carboxylic acids is 2. The maximum Gasteiger partial charge on any atom is 0.490 e.